The maximum atomic E-state index is 9.54. The fraction of sp³-hybridized carbons (Fsp3) is 0.643. The van der Waals surface area contributed by atoms with Crippen molar-refractivity contribution in [1.29, 1.82) is 0 Å². The summed E-state index contributed by atoms with van der Waals surface area (Å²) in [7, 11) is 0. The molecule has 0 bridgehead atoms. The fourth-order valence-electron chi connectivity index (χ4n) is 2.85. The summed E-state index contributed by atoms with van der Waals surface area (Å²) in [5.74, 6) is 0. The largest absolute Gasteiger partial charge is 0.394 e. The van der Waals surface area contributed by atoms with Crippen LogP contribution in [0.3, 0.4) is 0 Å². The molecule has 0 amide bonds. The van der Waals surface area contributed by atoms with Crippen LogP contribution in [0.25, 0.3) is 0 Å². The van der Waals surface area contributed by atoms with Crippen molar-refractivity contribution < 1.29 is 5.11 Å². The van der Waals surface area contributed by atoms with Crippen LogP contribution in [0.5, 0.6) is 0 Å². The average molecular weight is 249 g/mol. The van der Waals surface area contributed by atoms with Crippen molar-refractivity contribution in [2.45, 2.75) is 45.7 Å². The minimum atomic E-state index is 0.213. The molecule has 2 rings (SSSR count). The number of aromatic nitrogens is 1. The molecule has 2 heterocycles. The zero-order chi connectivity index (χ0) is 13.1. The number of aliphatic hydroxyl groups is 1. The van der Waals surface area contributed by atoms with Crippen LogP contribution >= 0.6 is 0 Å². The molecule has 1 unspecified atom stereocenters. The van der Waals surface area contributed by atoms with E-state index in [1.165, 1.54) is 18.5 Å². The predicted octanol–water partition coefficient (Wildman–Crippen LogP) is 1.51. The Kier molecular flexibility index (Phi) is 4.19. The number of piperidine rings is 1. The second-order valence-corrected chi connectivity index (χ2v) is 5.08. The summed E-state index contributed by atoms with van der Waals surface area (Å²) in [6.45, 7) is 5.74. The Morgan fingerprint density at radius 2 is 2.22 bits per heavy atom. The Hall–Kier alpha value is -1.13. The number of rotatable bonds is 3. The Bertz CT molecular complexity index is 420. The van der Waals surface area contributed by atoms with Crippen LogP contribution in [-0.4, -0.2) is 29.3 Å². The third-order valence-electron chi connectivity index (χ3n) is 3.79. The van der Waals surface area contributed by atoms with Crippen molar-refractivity contribution in [3.05, 3.63) is 23.0 Å². The molecule has 1 fully saturated rings. The molecule has 18 heavy (non-hydrogen) atoms. The lowest BCUT2D eigenvalue weighted by molar-refractivity contribution is 0.240. The average Bonchev–Trinajstić information content (AvgIpc) is 2.38. The maximum Gasteiger partial charge on any atom is 0.0635 e. The lowest BCUT2D eigenvalue weighted by atomic mass is 9.99. The van der Waals surface area contributed by atoms with E-state index < -0.39 is 0 Å². The summed E-state index contributed by atoms with van der Waals surface area (Å²) in [5, 5.41) is 9.54. The van der Waals surface area contributed by atoms with E-state index in [9.17, 15) is 5.11 Å². The normalized spacial score (nSPS) is 20.2. The monoisotopic (exact) mass is 249 g/mol. The molecule has 4 heteroatoms. The molecule has 0 spiro atoms. The molecule has 0 aliphatic carbocycles. The van der Waals surface area contributed by atoms with E-state index in [-0.39, 0.29) is 12.6 Å². The van der Waals surface area contributed by atoms with Crippen LogP contribution in [0.2, 0.25) is 0 Å². The smallest absolute Gasteiger partial charge is 0.0635 e. The molecule has 3 N–H and O–H groups in total. The van der Waals surface area contributed by atoms with Crippen molar-refractivity contribution in [1.82, 2.24) is 4.98 Å². The Labute approximate surface area is 109 Å². The Morgan fingerprint density at radius 3 is 2.89 bits per heavy atom. The molecule has 1 aliphatic rings. The number of anilines is 1. The first kappa shape index (κ1) is 13.3. The second kappa shape index (κ2) is 5.67. The highest BCUT2D eigenvalue weighted by atomic mass is 16.3. The Morgan fingerprint density at radius 1 is 1.44 bits per heavy atom. The fourth-order valence-corrected chi connectivity index (χ4v) is 2.85. The molecule has 0 saturated carbocycles. The summed E-state index contributed by atoms with van der Waals surface area (Å²) in [5.41, 5.74) is 10.2. The highest BCUT2D eigenvalue weighted by Gasteiger charge is 2.24. The standard InChI is InChI=1S/C14H23N3O/c1-10-7-14(13(8-15)11(2)16-10)17-6-4-3-5-12(17)9-18/h7,12,18H,3-6,8-9,15H2,1-2H3. The first-order valence-electron chi connectivity index (χ1n) is 6.72. The number of nitrogens with zero attached hydrogens (tertiary/aromatic N) is 2. The van der Waals surface area contributed by atoms with Gasteiger partial charge in [0.05, 0.1) is 12.6 Å². The zero-order valence-corrected chi connectivity index (χ0v) is 11.3. The van der Waals surface area contributed by atoms with Crippen LogP contribution in [0.4, 0.5) is 5.69 Å². The molecule has 1 saturated heterocycles. The molecule has 1 aliphatic heterocycles. The van der Waals surface area contributed by atoms with Gasteiger partial charge in [0, 0.05) is 35.7 Å². The van der Waals surface area contributed by atoms with Crippen LogP contribution in [0.15, 0.2) is 6.07 Å². The van der Waals surface area contributed by atoms with Gasteiger partial charge in [-0.25, -0.2) is 0 Å². The van der Waals surface area contributed by atoms with E-state index in [2.05, 4.69) is 16.0 Å². The van der Waals surface area contributed by atoms with E-state index in [4.69, 9.17) is 5.73 Å². The molecule has 100 valence electrons. The first-order valence-corrected chi connectivity index (χ1v) is 6.72. The summed E-state index contributed by atoms with van der Waals surface area (Å²) in [4.78, 5) is 6.79. The summed E-state index contributed by atoms with van der Waals surface area (Å²) in [6, 6.07) is 2.33. The molecule has 1 aromatic rings. The van der Waals surface area contributed by atoms with Gasteiger partial charge in [-0.15, -0.1) is 0 Å². The lowest BCUT2D eigenvalue weighted by Crippen LogP contribution is -2.42. The van der Waals surface area contributed by atoms with E-state index in [1.807, 2.05) is 13.8 Å². The summed E-state index contributed by atoms with van der Waals surface area (Å²) >= 11 is 0. The minimum absolute atomic E-state index is 0.213. The maximum absolute atomic E-state index is 9.54. The van der Waals surface area contributed by atoms with E-state index in [0.29, 0.717) is 6.54 Å². The van der Waals surface area contributed by atoms with Crippen LogP contribution in [-0.2, 0) is 6.54 Å². The molecule has 0 radical (unpaired) electrons. The topological polar surface area (TPSA) is 62.4 Å². The number of aliphatic hydroxyl groups excluding tert-OH is 1. The van der Waals surface area contributed by atoms with Gasteiger partial charge in [-0.1, -0.05) is 0 Å². The van der Waals surface area contributed by atoms with Crippen molar-refractivity contribution in [3.8, 4) is 0 Å². The number of aryl methyl sites for hydroxylation is 2. The molecular formula is C14H23N3O. The third-order valence-corrected chi connectivity index (χ3v) is 3.79. The van der Waals surface area contributed by atoms with Crippen LogP contribution in [0, 0.1) is 13.8 Å². The van der Waals surface area contributed by atoms with Gasteiger partial charge in [-0.05, 0) is 39.2 Å². The van der Waals surface area contributed by atoms with Crippen molar-refractivity contribution >= 4 is 5.69 Å². The van der Waals surface area contributed by atoms with Gasteiger partial charge in [0.25, 0.3) is 0 Å². The van der Waals surface area contributed by atoms with E-state index in [0.717, 1.165) is 29.9 Å². The van der Waals surface area contributed by atoms with E-state index >= 15 is 0 Å². The van der Waals surface area contributed by atoms with Gasteiger partial charge in [0.1, 0.15) is 0 Å². The van der Waals surface area contributed by atoms with Crippen molar-refractivity contribution in [2.75, 3.05) is 18.1 Å². The number of pyridine rings is 1. The third kappa shape index (κ3) is 2.49. The van der Waals surface area contributed by atoms with E-state index in [1.54, 1.807) is 0 Å². The summed E-state index contributed by atoms with van der Waals surface area (Å²) < 4.78 is 0. The molecular weight excluding hydrogens is 226 g/mol. The summed E-state index contributed by atoms with van der Waals surface area (Å²) in [6.07, 6.45) is 3.44. The number of hydrogen-bond acceptors (Lipinski definition) is 4. The lowest BCUT2D eigenvalue weighted by Gasteiger charge is -2.38. The highest BCUT2D eigenvalue weighted by Crippen LogP contribution is 2.29. The minimum Gasteiger partial charge on any atom is -0.394 e. The van der Waals surface area contributed by atoms with Crippen molar-refractivity contribution in [3.63, 3.8) is 0 Å². The van der Waals surface area contributed by atoms with Gasteiger partial charge >= 0.3 is 0 Å². The van der Waals surface area contributed by atoms with Gasteiger partial charge in [0.15, 0.2) is 0 Å². The first-order chi connectivity index (χ1) is 8.67. The molecule has 1 atom stereocenters. The molecule has 0 aromatic carbocycles. The molecule has 4 nitrogen and oxygen atoms in total. The van der Waals surface area contributed by atoms with Gasteiger partial charge in [0.2, 0.25) is 0 Å². The highest BCUT2D eigenvalue weighted by molar-refractivity contribution is 5.57. The van der Waals surface area contributed by atoms with Crippen molar-refractivity contribution in [2.24, 2.45) is 5.73 Å². The van der Waals surface area contributed by atoms with Crippen LogP contribution in [0.1, 0.15) is 36.2 Å². The Balaban J connectivity index is 2.41. The zero-order valence-electron chi connectivity index (χ0n) is 11.3. The number of nitrogens with two attached hydrogens (primary N) is 1. The quantitative estimate of drug-likeness (QED) is 0.852. The van der Waals surface area contributed by atoms with Gasteiger partial charge in [-0.3, -0.25) is 4.98 Å². The SMILES string of the molecule is Cc1cc(N2CCCCC2CO)c(CN)c(C)n1. The molecule has 1 aromatic heterocycles. The predicted molar refractivity (Wildman–Crippen MR) is 73.7 cm³/mol. The number of hydrogen-bond donors (Lipinski definition) is 2. The second-order valence-electron chi connectivity index (χ2n) is 5.08. The van der Waals surface area contributed by atoms with Gasteiger partial charge in [-0.2, -0.15) is 0 Å². The van der Waals surface area contributed by atoms with Crippen LogP contribution < -0.4 is 10.6 Å². The van der Waals surface area contributed by atoms with Gasteiger partial charge < -0.3 is 15.7 Å².